The molecular weight excluding hydrogens is 300 g/mol. The highest BCUT2D eigenvalue weighted by Crippen LogP contribution is 2.13. The van der Waals surface area contributed by atoms with E-state index in [1.807, 2.05) is 0 Å². The van der Waals surface area contributed by atoms with Crippen LogP contribution < -0.4 is 0 Å². The van der Waals surface area contributed by atoms with Crippen molar-refractivity contribution in [2.45, 2.75) is 48.7 Å². The molecule has 0 amide bonds. The summed E-state index contributed by atoms with van der Waals surface area (Å²) in [5.41, 5.74) is 0. The molecule has 0 bridgehead atoms. The predicted octanol–water partition coefficient (Wildman–Crippen LogP) is -4.97. The van der Waals surface area contributed by atoms with Gasteiger partial charge in [0.05, 0.1) is 13.2 Å². The van der Waals surface area contributed by atoms with Crippen molar-refractivity contribution in [1.29, 1.82) is 0 Å². The van der Waals surface area contributed by atoms with Gasteiger partial charge in [-0.25, -0.2) is 0 Å². The molecule has 0 saturated carbocycles. The summed E-state index contributed by atoms with van der Waals surface area (Å²) >= 11 is 0. The van der Waals surface area contributed by atoms with Crippen molar-refractivity contribution in [3.05, 3.63) is 0 Å². The van der Waals surface area contributed by atoms with Gasteiger partial charge in [-0.1, -0.05) is 0 Å². The zero-order chi connectivity index (χ0) is 16.9. The molecule has 0 saturated heterocycles. The van der Waals surface area contributed by atoms with Gasteiger partial charge in [-0.15, -0.1) is 0 Å². The molecule has 0 spiro atoms. The second kappa shape index (κ2) is 8.60. The van der Waals surface area contributed by atoms with Crippen molar-refractivity contribution < 1.29 is 40.9 Å². The van der Waals surface area contributed by atoms with Crippen LogP contribution in [-0.2, 0) is 0 Å². The average molecular weight is 322 g/mol. The molecular formula is C12H22N2O8. The zero-order valence-corrected chi connectivity index (χ0v) is 11.7. The molecule has 22 heavy (non-hydrogen) atoms. The van der Waals surface area contributed by atoms with Gasteiger partial charge in [0.2, 0.25) is 0 Å². The van der Waals surface area contributed by atoms with E-state index in [0.717, 1.165) is 12.4 Å². The molecule has 8 N–H and O–H groups in total. The third kappa shape index (κ3) is 4.51. The smallest absolute Gasteiger partial charge is 0.113 e. The van der Waals surface area contributed by atoms with Crippen molar-refractivity contribution in [3.63, 3.8) is 0 Å². The summed E-state index contributed by atoms with van der Waals surface area (Å²) in [4.78, 5) is 7.69. The maximum atomic E-state index is 9.79. The molecule has 0 aromatic carbocycles. The van der Waals surface area contributed by atoms with Crippen LogP contribution in [0.15, 0.2) is 9.98 Å². The quantitative estimate of drug-likeness (QED) is 0.218. The molecule has 10 nitrogen and oxygen atoms in total. The lowest BCUT2D eigenvalue weighted by Gasteiger charge is -2.29. The van der Waals surface area contributed by atoms with Gasteiger partial charge in [-0.2, -0.15) is 0 Å². The van der Waals surface area contributed by atoms with E-state index in [2.05, 4.69) is 9.98 Å². The molecule has 0 aromatic heterocycles. The number of rotatable bonds is 8. The van der Waals surface area contributed by atoms with Gasteiger partial charge in [0.15, 0.2) is 0 Å². The fourth-order valence-electron chi connectivity index (χ4n) is 1.88. The van der Waals surface area contributed by atoms with Crippen LogP contribution in [0.4, 0.5) is 0 Å². The number of aliphatic hydroxyl groups is 8. The van der Waals surface area contributed by atoms with Crippen LogP contribution in [0.1, 0.15) is 0 Å². The first-order chi connectivity index (χ1) is 10.3. The molecule has 2 unspecified atom stereocenters. The molecule has 1 aliphatic rings. The van der Waals surface area contributed by atoms with Crippen molar-refractivity contribution in [2.24, 2.45) is 9.98 Å². The van der Waals surface area contributed by atoms with Crippen LogP contribution >= 0.6 is 0 Å². The summed E-state index contributed by atoms with van der Waals surface area (Å²) in [5, 5.41) is 74.6. The highest BCUT2D eigenvalue weighted by Gasteiger charge is 2.34. The van der Waals surface area contributed by atoms with Crippen LogP contribution in [0.25, 0.3) is 0 Å². The largest absolute Gasteiger partial charge is 0.394 e. The van der Waals surface area contributed by atoms with Crippen molar-refractivity contribution >= 4 is 12.4 Å². The van der Waals surface area contributed by atoms with Crippen LogP contribution in [0.2, 0.25) is 0 Å². The van der Waals surface area contributed by atoms with E-state index in [1.165, 1.54) is 0 Å². The van der Waals surface area contributed by atoms with E-state index in [4.69, 9.17) is 10.2 Å². The Bertz CT molecular complexity index is 345. The van der Waals surface area contributed by atoms with E-state index < -0.39 is 61.9 Å². The van der Waals surface area contributed by atoms with Crippen molar-refractivity contribution in [3.8, 4) is 0 Å². The zero-order valence-electron chi connectivity index (χ0n) is 11.7. The Morgan fingerprint density at radius 3 is 1.23 bits per heavy atom. The first kappa shape index (κ1) is 19.1. The Labute approximate surface area is 126 Å². The number of nitrogens with zero attached hydrogens (tertiary/aromatic N) is 2. The number of hydrogen-bond acceptors (Lipinski definition) is 10. The van der Waals surface area contributed by atoms with E-state index in [0.29, 0.717) is 0 Å². The van der Waals surface area contributed by atoms with Crippen LogP contribution in [-0.4, -0.2) is 115 Å². The minimum Gasteiger partial charge on any atom is -0.394 e. The fraction of sp³-hybridized carbons (Fsp3) is 0.833. The third-order valence-electron chi connectivity index (χ3n) is 3.38. The van der Waals surface area contributed by atoms with Crippen LogP contribution in [0, 0.1) is 0 Å². The Balaban J connectivity index is 2.64. The van der Waals surface area contributed by atoms with Gasteiger partial charge in [0.25, 0.3) is 0 Å². The van der Waals surface area contributed by atoms with Gasteiger partial charge in [0, 0.05) is 12.4 Å². The third-order valence-corrected chi connectivity index (χ3v) is 3.38. The summed E-state index contributed by atoms with van der Waals surface area (Å²) in [6, 6.07) is -2.00. The van der Waals surface area contributed by atoms with Gasteiger partial charge in [-0.3, -0.25) is 9.98 Å². The Kier molecular flexibility index (Phi) is 7.45. The van der Waals surface area contributed by atoms with Gasteiger partial charge >= 0.3 is 0 Å². The predicted molar refractivity (Wildman–Crippen MR) is 74.8 cm³/mol. The molecule has 1 aliphatic heterocycles. The molecule has 0 aromatic rings. The lowest BCUT2D eigenvalue weighted by atomic mass is 9.99. The maximum absolute atomic E-state index is 9.79. The van der Waals surface area contributed by atoms with Crippen LogP contribution in [0.3, 0.4) is 0 Å². The molecule has 128 valence electrons. The lowest BCUT2D eigenvalue weighted by Crippen LogP contribution is -2.49. The Morgan fingerprint density at radius 1 is 0.682 bits per heavy atom. The monoisotopic (exact) mass is 322 g/mol. The summed E-state index contributed by atoms with van der Waals surface area (Å²) in [6.07, 6.45) is -7.16. The number of aliphatic imine (C=N–C) groups is 2. The second-order valence-corrected chi connectivity index (χ2v) is 5.04. The number of hydrogen-bond donors (Lipinski definition) is 8. The topological polar surface area (TPSA) is 187 Å². The minimum atomic E-state index is -1.64. The molecule has 8 atom stereocenters. The fourth-order valence-corrected chi connectivity index (χ4v) is 1.88. The van der Waals surface area contributed by atoms with E-state index in [9.17, 15) is 30.6 Å². The first-order valence-electron chi connectivity index (χ1n) is 6.70. The summed E-state index contributed by atoms with van der Waals surface area (Å²) < 4.78 is 0. The van der Waals surface area contributed by atoms with Crippen molar-refractivity contribution in [2.75, 3.05) is 13.2 Å². The van der Waals surface area contributed by atoms with Gasteiger partial charge in [-0.05, 0) is 0 Å². The molecule has 1 rings (SSSR count). The highest BCUT2D eigenvalue weighted by molar-refractivity contribution is 5.79. The molecule has 0 aliphatic carbocycles. The van der Waals surface area contributed by atoms with Crippen LogP contribution in [0.5, 0.6) is 0 Å². The lowest BCUT2D eigenvalue weighted by molar-refractivity contribution is -0.0795. The molecule has 0 radical (unpaired) electrons. The van der Waals surface area contributed by atoms with E-state index in [1.54, 1.807) is 0 Å². The standard InChI is InChI=1S/C12H22N2O8/c15-3-7(17)11(21)9(19)5-1-13-6(2-14-5)10(20)12(22)8(18)4-16/h1-2,5-12,15-22H,3-4H2/t5?,6?,7-,8-,9-,10-,11-,12-/m1/s1. The first-order valence-corrected chi connectivity index (χ1v) is 6.70. The van der Waals surface area contributed by atoms with Crippen molar-refractivity contribution in [1.82, 2.24) is 0 Å². The summed E-state index contributed by atoms with van der Waals surface area (Å²) in [7, 11) is 0. The molecule has 0 fully saturated rings. The number of aliphatic hydroxyl groups excluding tert-OH is 8. The van der Waals surface area contributed by atoms with E-state index in [-0.39, 0.29) is 0 Å². The maximum Gasteiger partial charge on any atom is 0.113 e. The molecule has 10 heteroatoms. The summed E-state index contributed by atoms with van der Waals surface area (Å²) in [5.74, 6) is 0. The Hall–Kier alpha value is -0.980. The second-order valence-electron chi connectivity index (χ2n) is 5.04. The highest BCUT2D eigenvalue weighted by atomic mass is 16.4. The Morgan fingerprint density at radius 2 is 1.00 bits per heavy atom. The minimum absolute atomic E-state index is 0.738. The van der Waals surface area contributed by atoms with Gasteiger partial charge < -0.3 is 40.9 Å². The SMILES string of the molecule is OC[C@@H](O)[C@@H](O)[C@H](O)C1C=NC([C@@H](O)[C@H](O)[C@H](O)CO)C=N1. The van der Waals surface area contributed by atoms with Gasteiger partial charge in [0.1, 0.15) is 48.7 Å². The average Bonchev–Trinajstić information content (AvgIpc) is 2.57. The molecule has 1 heterocycles. The summed E-state index contributed by atoms with van der Waals surface area (Å²) in [6.45, 7) is -1.48. The normalized spacial score (nSPS) is 29.6. The van der Waals surface area contributed by atoms with E-state index >= 15 is 0 Å².